The summed E-state index contributed by atoms with van der Waals surface area (Å²) >= 11 is 5.87. The number of hydrogen-bond acceptors (Lipinski definition) is 2. The van der Waals surface area contributed by atoms with Crippen LogP contribution in [0.4, 0.5) is 0 Å². The topological polar surface area (TPSA) is 66.4 Å². The second-order valence-electron chi connectivity index (χ2n) is 4.56. The minimum atomic E-state index is -1.08. The van der Waals surface area contributed by atoms with Gasteiger partial charge >= 0.3 is 5.97 Å². The van der Waals surface area contributed by atoms with Crippen LogP contribution in [0.25, 0.3) is 0 Å². The molecule has 1 atom stereocenters. The number of hydrogen-bond donors (Lipinski definition) is 2. The molecule has 0 aliphatic heterocycles. The van der Waals surface area contributed by atoms with E-state index in [4.69, 9.17) is 11.6 Å². The van der Waals surface area contributed by atoms with Gasteiger partial charge in [-0.25, -0.2) is 4.79 Å². The standard InChI is InChI=1S/C16H14ClNO3/c17-13-8-4-5-11(9-13)10-14(16(20)21)18-15(19)12-6-2-1-3-7-12/h1-9,14H,10H2,(H,18,19)(H,20,21). The molecule has 21 heavy (non-hydrogen) atoms. The maximum atomic E-state index is 12.0. The Bertz CT molecular complexity index is 643. The van der Waals surface area contributed by atoms with Crippen molar-refractivity contribution in [1.82, 2.24) is 5.32 Å². The lowest BCUT2D eigenvalue weighted by molar-refractivity contribution is -0.139. The first kappa shape index (κ1) is 15.1. The molecule has 108 valence electrons. The van der Waals surface area contributed by atoms with Crippen molar-refractivity contribution in [2.75, 3.05) is 0 Å². The fraction of sp³-hybridized carbons (Fsp3) is 0.125. The summed E-state index contributed by atoms with van der Waals surface area (Å²) < 4.78 is 0. The van der Waals surface area contributed by atoms with Crippen LogP contribution in [0.15, 0.2) is 54.6 Å². The first-order chi connectivity index (χ1) is 10.1. The maximum absolute atomic E-state index is 12.0. The monoisotopic (exact) mass is 303 g/mol. The average Bonchev–Trinajstić information content (AvgIpc) is 2.47. The molecule has 2 aromatic rings. The highest BCUT2D eigenvalue weighted by atomic mass is 35.5. The number of carboxylic acids is 1. The van der Waals surface area contributed by atoms with Gasteiger partial charge in [0.05, 0.1) is 0 Å². The summed E-state index contributed by atoms with van der Waals surface area (Å²) in [6.07, 6.45) is 0.175. The van der Waals surface area contributed by atoms with E-state index in [1.807, 2.05) is 0 Å². The van der Waals surface area contributed by atoms with E-state index in [-0.39, 0.29) is 6.42 Å². The summed E-state index contributed by atoms with van der Waals surface area (Å²) in [6.45, 7) is 0. The molecule has 0 saturated heterocycles. The van der Waals surface area contributed by atoms with E-state index < -0.39 is 17.9 Å². The third-order valence-corrected chi connectivity index (χ3v) is 3.20. The number of benzene rings is 2. The predicted molar refractivity (Wildman–Crippen MR) is 80.5 cm³/mol. The van der Waals surface area contributed by atoms with E-state index in [9.17, 15) is 14.7 Å². The van der Waals surface area contributed by atoms with Crippen molar-refractivity contribution in [3.05, 3.63) is 70.7 Å². The highest BCUT2D eigenvalue weighted by Crippen LogP contribution is 2.12. The van der Waals surface area contributed by atoms with Crippen molar-refractivity contribution in [2.24, 2.45) is 0 Å². The minimum Gasteiger partial charge on any atom is -0.480 e. The van der Waals surface area contributed by atoms with Gasteiger partial charge in [-0.3, -0.25) is 4.79 Å². The van der Waals surface area contributed by atoms with Gasteiger partial charge in [0.15, 0.2) is 0 Å². The molecule has 1 amide bonds. The van der Waals surface area contributed by atoms with Gasteiger partial charge < -0.3 is 10.4 Å². The van der Waals surface area contributed by atoms with E-state index >= 15 is 0 Å². The van der Waals surface area contributed by atoms with E-state index in [2.05, 4.69) is 5.32 Å². The Kier molecular flexibility index (Phi) is 4.95. The van der Waals surface area contributed by atoms with Crippen LogP contribution in [0, 0.1) is 0 Å². The van der Waals surface area contributed by atoms with Gasteiger partial charge in [-0.05, 0) is 29.8 Å². The summed E-state index contributed by atoms with van der Waals surface area (Å²) in [5.74, 6) is -1.50. The van der Waals surface area contributed by atoms with Gasteiger partial charge in [0.2, 0.25) is 0 Å². The first-order valence-corrected chi connectivity index (χ1v) is 6.77. The Morgan fingerprint density at radius 1 is 1.10 bits per heavy atom. The van der Waals surface area contributed by atoms with Gasteiger partial charge in [-0.15, -0.1) is 0 Å². The zero-order valence-corrected chi connectivity index (χ0v) is 11.9. The van der Waals surface area contributed by atoms with Crippen molar-refractivity contribution in [2.45, 2.75) is 12.5 Å². The molecule has 0 aliphatic carbocycles. The van der Waals surface area contributed by atoms with Crippen molar-refractivity contribution in [1.29, 1.82) is 0 Å². The van der Waals surface area contributed by atoms with Crippen LogP contribution in [0.1, 0.15) is 15.9 Å². The molecule has 4 nitrogen and oxygen atoms in total. The number of halogens is 1. The van der Waals surface area contributed by atoms with Crippen molar-refractivity contribution in [3.63, 3.8) is 0 Å². The van der Waals surface area contributed by atoms with Crippen LogP contribution in [0.2, 0.25) is 5.02 Å². The summed E-state index contributed by atoms with van der Waals surface area (Å²) in [5, 5.41) is 12.3. The van der Waals surface area contributed by atoms with Gasteiger partial charge in [-0.1, -0.05) is 41.9 Å². The number of aliphatic carboxylic acids is 1. The molecule has 0 aliphatic rings. The molecule has 0 radical (unpaired) electrons. The summed E-state index contributed by atoms with van der Waals surface area (Å²) in [6, 6.07) is 14.4. The normalized spacial score (nSPS) is 11.7. The molecular weight excluding hydrogens is 290 g/mol. The van der Waals surface area contributed by atoms with Crippen LogP contribution >= 0.6 is 11.6 Å². The van der Waals surface area contributed by atoms with Crippen LogP contribution in [0.3, 0.4) is 0 Å². The highest BCUT2D eigenvalue weighted by molar-refractivity contribution is 6.30. The van der Waals surface area contributed by atoms with Gasteiger partial charge in [0, 0.05) is 17.0 Å². The van der Waals surface area contributed by atoms with E-state index in [0.717, 1.165) is 5.56 Å². The van der Waals surface area contributed by atoms with Gasteiger partial charge in [0.25, 0.3) is 5.91 Å². The third-order valence-electron chi connectivity index (χ3n) is 2.97. The molecule has 0 bridgehead atoms. The number of carbonyl (C=O) groups is 2. The summed E-state index contributed by atoms with van der Waals surface area (Å²) in [7, 11) is 0. The molecule has 1 unspecified atom stereocenters. The summed E-state index contributed by atoms with van der Waals surface area (Å²) in [4.78, 5) is 23.3. The Morgan fingerprint density at radius 3 is 2.43 bits per heavy atom. The average molecular weight is 304 g/mol. The number of carbonyl (C=O) groups excluding carboxylic acids is 1. The Hall–Kier alpha value is -2.33. The zero-order valence-electron chi connectivity index (χ0n) is 11.1. The molecule has 2 aromatic carbocycles. The molecule has 0 spiro atoms. The van der Waals surface area contributed by atoms with E-state index in [0.29, 0.717) is 10.6 Å². The number of amides is 1. The molecular formula is C16H14ClNO3. The van der Waals surface area contributed by atoms with E-state index in [1.54, 1.807) is 54.6 Å². The molecule has 0 aromatic heterocycles. The zero-order chi connectivity index (χ0) is 15.2. The quantitative estimate of drug-likeness (QED) is 0.892. The fourth-order valence-corrected chi connectivity index (χ4v) is 2.14. The van der Waals surface area contributed by atoms with Crippen LogP contribution in [-0.4, -0.2) is 23.0 Å². The van der Waals surface area contributed by atoms with Crippen LogP contribution < -0.4 is 5.32 Å². The SMILES string of the molecule is O=C(NC(Cc1cccc(Cl)c1)C(=O)O)c1ccccc1. The molecule has 0 fully saturated rings. The number of nitrogens with one attached hydrogen (secondary N) is 1. The van der Waals surface area contributed by atoms with Crippen molar-refractivity contribution in [3.8, 4) is 0 Å². The Morgan fingerprint density at radius 2 is 1.81 bits per heavy atom. The second kappa shape index (κ2) is 6.90. The molecule has 5 heteroatoms. The molecule has 2 N–H and O–H groups in total. The number of rotatable bonds is 5. The number of carboxylic acid groups (broad SMARTS) is 1. The highest BCUT2D eigenvalue weighted by Gasteiger charge is 2.21. The lowest BCUT2D eigenvalue weighted by atomic mass is 10.1. The summed E-state index contributed by atoms with van der Waals surface area (Å²) in [5.41, 5.74) is 1.18. The predicted octanol–water partition coefficient (Wildman–Crippen LogP) is 2.77. The first-order valence-electron chi connectivity index (χ1n) is 6.39. The van der Waals surface area contributed by atoms with Crippen molar-refractivity contribution >= 4 is 23.5 Å². The van der Waals surface area contributed by atoms with E-state index in [1.165, 1.54) is 0 Å². The van der Waals surface area contributed by atoms with Crippen LogP contribution in [-0.2, 0) is 11.2 Å². The largest absolute Gasteiger partial charge is 0.480 e. The van der Waals surface area contributed by atoms with Crippen molar-refractivity contribution < 1.29 is 14.7 Å². The van der Waals surface area contributed by atoms with Gasteiger partial charge in [-0.2, -0.15) is 0 Å². The minimum absolute atomic E-state index is 0.175. The fourth-order valence-electron chi connectivity index (χ4n) is 1.93. The lowest BCUT2D eigenvalue weighted by Crippen LogP contribution is -2.42. The van der Waals surface area contributed by atoms with Gasteiger partial charge in [0.1, 0.15) is 6.04 Å². The molecule has 2 rings (SSSR count). The second-order valence-corrected chi connectivity index (χ2v) is 5.00. The van der Waals surface area contributed by atoms with Crippen LogP contribution in [0.5, 0.6) is 0 Å². The lowest BCUT2D eigenvalue weighted by Gasteiger charge is -2.15. The smallest absolute Gasteiger partial charge is 0.326 e. The molecule has 0 heterocycles. The Labute approximate surface area is 127 Å². The maximum Gasteiger partial charge on any atom is 0.326 e. The third kappa shape index (κ3) is 4.33. The molecule has 0 saturated carbocycles. The Balaban J connectivity index is 2.09.